The van der Waals surface area contributed by atoms with Crippen LogP contribution in [0.1, 0.15) is 14.4 Å². The second-order valence-electron chi connectivity index (χ2n) is 3.46. The number of piperidine rings is 1. The molecular weight excluding hydrogens is 162 g/mol. The molecule has 0 aliphatic carbocycles. The zero-order valence-corrected chi connectivity index (χ0v) is 6.85. The van der Waals surface area contributed by atoms with Gasteiger partial charge in [0.2, 0.25) is 0 Å². The topological polar surface area (TPSA) is 29.3 Å². The third kappa shape index (κ3) is 2.14. The molecule has 0 radical (unpaired) electrons. The SMILES string of the molecule is C.C[C@H]1CN(C)CC(F)(F)[C@H]1N. The van der Waals surface area contributed by atoms with E-state index >= 15 is 0 Å². The van der Waals surface area contributed by atoms with Crippen LogP contribution in [0.15, 0.2) is 0 Å². The van der Waals surface area contributed by atoms with Crippen LogP contribution in [-0.2, 0) is 0 Å². The number of alkyl halides is 2. The average molecular weight is 180 g/mol. The van der Waals surface area contributed by atoms with Crippen molar-refractivity contribution in [3.05, 3.63) is 0 Å². The lowest BCUT2D eigenvalue weighted by Crippen LogP contribution is -2.58. The summed E-state index contributed by atoms with van der Waals surface area (Å²) in [5.41, 5.74) is 5.34. The predicted octanol–water partition coefficient (Wildman–Crippen LogP) is 1.17. The number of nitrogens with two attached hydrogens (primary N) is 1. The number of likely N-dealkylation sites (tertiary alicyclic amines) is 1. The molecule has 0 bridgehead atoms. The Morgan fingerprint density at radius 2 is 2.00 bits per heavy atom. The van der Waals surface area contributed by atoms with Gasteiger partial charge < -0.3 is 10.6 Å². The molecule has 1 aliphatic heterocycles. The second-order valence-corrected chi connectivity index (χ2v) is 3.46. The van der Waals surface area contributed by atoms with Gasteiger partial charge in [-0.25, -0.2) is 8.78 Å². The quantitative estimate of drug-likeness (QED) is 0.606. The van der Waals surface area contributed by atoms with E-state index in [4.69, 9.17) is 5.73 Å². The summed E-state index contributed by atoms with van der Waals surface area (Å²) in [5.74, 6) is -2.84. The molecule has 1 aliphatic rings. The highest BCUT2D eigenvalue weighted by molar-refractivity contribution is 4.92. The van der Waals surface area contributed by atoms with E-state index < -0.39 is 12.0 Å². The molecule has 4 heteroatoms. The summed E-state index contributed by atoms with van der Waals surface area (Å²) >= 11 is 0. The summed E-state index contributed by atoms with van der Waals surface area (Å²) in [4.78, 5) is 1.62. The van der Waals surface area contributed by atoms with Gasteiger partial charge in [-0.2, -0.15) is 0 Å². The van der Waals surface area contributed by atoms with Gasteiger partial charge in [-0.15, -0.1) is 0 Å². The molecule has 1 saturated heterocycles. The van der Waals surface area contributed by atoms with Crippen LogP contribution in [0.5, 0.6) is 0 Å². The Bertz CT molecular complexity index is 150. The fourth-order valence-corrected chi connectivity index (χ4v) is 1.55. The van der Waals surface area contributed by atoms with E-state index in [9.17, 15) is 8.78 Å². The molecule has 2 N–H and O–H groups in total. The van der Waals surface area contributed by atoms with Crippen LogP contribution in [0.25, 0.3) is 0 Å². The summed E-state index contributed by atoms with van der Waals surface area (Å²) in [5, 5.41) is 0. The summed E-state index contributed by atoms with van der Waals surface area (Å²) in [6, 6.07) is -0.973. The molecule has 0 spiro atoms. The Morgan fingerprint density at radius 3 is 2.42 bits per heavy atom. The molecule has 74 valence electrons. The van der Waals surface area contributed by atoms with Gasteiger partial charge in [0.05, 0.1) is 12.6 Å². The van der Waals surface area contributed by atoms with E-state index in [1.165, 1.54) is 0 Å². The highest BCUT2D eigenvalue weighted by Crippen LogP contribution is 2.28. The first-order chi connectivity index (χ1) is 4.93. The van der Waals surface area contributed by atoms with E-state index in [0.29, 0.717) is 6.54 Å². The van der Waals surface area contributed by atoms with E-state index in [2.05, 4.69) is 0 Å². The van der Waals surface area contributed by atoms with Crippen molar-refractivity contribution in [3.63, 3.8) is 0 Å². The first kappa shape index (κ1) is 11.8. The van der Waals surface area contributed by atoms with Gasteiger partial charge >= 0.3 is 0 Å². The molecule has 0 unspecified atom stereocenters. The first-order valence-corrected chi connectivity index (χ1v) is 3.75. The van der Waals surface area contributed by atoms with Gasteiger partial charge in [-0.05, 0) is 13.0 Å². The largest absolute Gasteiger partial charge is 0.322 e. The van der Waals surface area contributed by atoms with E-state index in [-0.39, 0.29) is 19.9 Å². The van der Waals surface area contributed by atoms with Gasteiger partial charge in [0.15, 0.2) is 0 Å². The number of hydrogen-bond donors (Lipinski definition) is 1. The Morgan fingerprint density at radius 1 is 1.50 bits per heavy atom. The lowest BCUT2D eigenvalue weighted by atomic mass is 9.92. The fourth-order valence-electron chi connectivity index (χ4n) is 1.55. The maximum atomic E-state index is 12.9. The molecule has 1 heterocycles. The van der Waals surface area contributed by atoms with E-state index in [0.717, 1.165) is 0 Å². The monoisotopic (exact) mass is 180 g/mol. The van der Waals surface area contributed by atoms with Crippen molar-refractivity contribution in [2.75, 3.05) is 20.1 Å². The zero-order valence-electron chi connectivity index (χ0n) is 6.85. The first-order valence-electron chi connectivity index (χ1n) is 3.75. The minimum absolute atomic E-state index is 0. The Kier molecular flexibility index (Phi) is 3.59. The fraction of sp³-hybridized carbons (Fsp3) is 1.00. The molecule has 0 aromatic heterocycles. The second kappa shape index (κ2) is 3.66. The minimum Gasteiger partial charge on any atom is -0.322 e. The van der Waals surface area contributed by atoms with Crippen LogP contribution in [0.3, 0.4) is 0 Å². The third-order valence-electron chi connectivity index (χ3n) is 2.18. The molecule has 0 aromatic rings. The van der Waals surface area contributed by atoms with E-state index in [1.54, 1.807) is 18.9 Å². The van der Waals surface area contributed by atoms with Crippen molar-refractivity contribution in [3.8, 4) is 0 Å². The number of nitrogens with zero attached hydrogens (tertiary/aromatic N) is 1. The van der Waals surface area contributed by atoms with Crippen LogP contribution in [0, 0.1) is 5.92 Å². The average Bonchev–Trinajstić information content (AvgIpc) is 1.81. The van der Waals surface area contributed by atoms with Gasteiger partial charge in [0.25, 0.3) is 5.92 Å². The smallest absolute Gasteiger partial charge is 0.275 e. The molecule has 2 nitrogen and oxygen atoms in total. The van der Waals surface area contributed by atoms with Crippen molar-refractivity contribution in [2.24, 2.45) is 11.7 Å². The molecule has 0 aromatic carbocycles. The van der Waals surface area contributed by atoms with Crippen LogP contribution in [0.2, 0.25) is 0 Å². The van der Waals surface area contributed by atoms with Crippen LogP contribution in [0.4, 0.5) is 8.78 Å². The number of rotatable bonds is 0. The molecule has 0 amide bonds. The Balaban J connectivity index is 0.00000121. The molecule has 2 atom stereocenters. The van der Waals surface area contributed by atoms with Crippen LogP contribution >= 0.6 is 0 Å². The predicted molar refractivity (Wildman–Crippen MR) is 46.3 cm³/mol. The normalized spacial score (nSPS) is 35.8. The van der Waals surface area contributed by atoms with Crippen LogP contribution < -0.4 is 5.73 Å². The van der Waals surface area contributed by atoms with Crippen molar-refractivity contribution >= 4 is 0 Å². The molecule has 1 rings (SSSR count). The van der Waals surface area contributed by atoms with Gasteiger partial charge in [0, 0.05) is 6.54 Å². The third-order valence-corrected chi connectivity index (χ3v) is 2.18. The lowest BCUT2D eigenvalue weighted by Gasteiger charge is -2.38. The lowest BCUT2D eigenvalue weighted by molar-refractivity contribution is -0.0920. The molecule has 0 saturated carbocycles. The zero-order chi connectivity index (χ0) is 8.65. The van der Waals surface area contributed by atoms with Crippen molar-refractivity contribution in [2.45, 2.75) is 26.3 Å². The molecular formula is C8H18F2N2. The maximum absolute atomic E-state index is 12.9. The van der Waals surface area contributed by atoms with E-state index in [1.807, 2.05) is 0 Å². The Labute approximate surface area is 72.7 Å². The molecule has 12 heavy (non-hydrogen) atoms. The number of halogens is 2. The van der Waals surface area contributed by atoms with Gasteiger partial charge in [-0.1, -0.05) is 14.4 Å². The van der Waals surface area contributed by atoms with Gasteiger partial charge in [-0.3, -0.25) is 0 Å². The highest BCUT2D eigenvalue weighted by atomic mass is 19.3. The van der Waals surface area contributed by atoms with Crippen molar-refractivity contribution < 1.29 is 8.78 Å². The summed E-state index contributed by atoms with van der Waals surface area (Å²) in [7, 11) is 1.69. The Hall–Kier alpha value is -0.220. The van der Waals surface area contributed by atoms with Crippen molar-refractivity contribution in [1.29, 1.82) is 0 Å². The van der Waals surface area contributed by atoms with Crippen LogP contribution in [-0.4, -0.2) is 37.0 Å². The maximum Gasteiger partial charge on any atom is 0.275 e. The summed E-state index contributed by atoms with van der Waals surface area (Å²) in [6.07, 6.45) is 0. The van der Waals surface area contributed by atoms with Crippen molar-refractivity contribution in [1.82, 2.24) is 4.90 Å². The summed E-state index contributed by atoms with van der Waals surface area (Å²) in [6.45, 7) is 2.21. The highest BCUT2D eigenvalue weighted by Gasteiger charge is 2.44. The number of hydrogen-bond acceptors (Lipinski definition) is 2. The molecule has 1 fully saturated rings. The standard InChI is InChI=1S/C7H14F2N2.CH4/c1-5-3-11(2)4-7(8,9)6(5)10;/h5-6H,3-4,10H2,1-2H3;1H4/t5-,6-;/m0./s1. The van der Waals surface area contributed by atoms with Gasteiger partial charge in [0.1, 0.15) is 0 Å². The minimum atomic E-state index is -2.72. The summed E-state index contributed by atoms with van der Waals surface area (Å²) < 4.78 is 25.9.